The van der Waals surface area contributed by atoms with Crippen LogP contribution in [0.3, 0.4) is 0 Å². The van der Waals surface area contributed by atoms with Gasteiger partial charge in [-0.2, -0.15) is 0 Å². The number of hydrogen-bond acceptors (Lipinski definition) is 6. The van der Waals surface area contributed by atoms with Crippen LogP contribution in [-0.4, -0.2) is 47.7 Å². The van der Waals surface area contributed by atoms with Crippen molar-refractivity contribution in [3.05, 3.63) is 70.3 Å². The molecular weight excluding hydrogens is 410 g/mol. The maximum atomic E-state index is 13.3. The first kappa shape index (κ1) is 21.9. The molecule has 1 aliphatic rings. The highest BCUT2D eigenvalue weighted by Gasteiger charge is 2.36. The molecule has 160 valence electrons. The molecule has 2 aromatic rings. The third-order valence-electron chi connectivity index (χ3n) is 4.92. The number of likely N-dealkylation sites (tertiary alicyclic amines) is 1. The minimum Gasteiger partial charge on any atom is -0.341 e. The molecule has 0 aromatic heterocycles. The number of nitrogens with zero attached hydrogens (tertiary/aromatic N) is 3. The van der Waals surface area contributed by atoms with E-state index in [1.807, 2.05) is 30.3 Å². The van der Waals surface area contributed by atoms with Crippen molar-refractivity contribution in [1.82, 2.24) is 9.37 Å². The van der Waals surface area contributed by atoms with Gasteiger partial charge >= 0.3 is 0 Å². The Kier molecular flexibility index (Phi) is 6.80. The van der Waals surface area contributed by atoms with Gasteiger partial charge in [-0.05, 0) is 30.5 Å². The zero-order valence-corrected chi connectivity index (χ0v) is 17.3. The predicted octanol–water partition coefficient (Wildman–Crippen LogP) is 2.73. The Morgan fingerprint density at radius 3 is 2.47 bits per heavy atom. The van der Waals surface area contributed by atoms with Crippen molar-refractivity contribution in [3.8, 4) is 0 Å². The van der Waals surface area contributed by atoms with Crippen molar-refractivity contribution >= 4 is 21.6 Å². The van der Waals surface area contributed by atoms with Crippen molar-refractivity contribution < 1.29 is 23.0 Å². The van der Waals surface area contributed by atoms with E-state index in [0.717, 1.165) is 22.2 Å². The van der Waals surface area contributed by atoms with E-state index in [9.17, 15) is 23.3 Å². The summed E-state index contributed by atoms with van der Waals surface area (Å²) in [7, 11) is -4.11. The standard InChI is InChI=1S/C20H23N3O6S/c1-16(24)21-13-5-8-19(14-21)23(29-15-17-6-3-2-4-7-17)30(27,28)20-11-9-18(10-12-20)22(25)26/h2-4,6-7,9-12,19H,5,8,13-15H2,1H3/t19-/m1/s1. The molecule has 0 saturated carbocycles. The minimum atomic E-state index is -4.11. The summed E-state index contributed by atoms with van der Waals surface area (Å²) in [5.74, 6) is -0.129. The summed E-state index contributed by atoms with van der Waals surface area (Å²) in [6, 6.07) is 13.2. The maximum Gasteiger partial charge on any atom is 0.269 e. The molecule has 9 nitrogen and oxygen atoms in total. The second-order valence-corrected chi connectivity index (χ2v) is 8.81. The Bertz CT molecular complexity index is 995. The van der Waals surface area contributed by atoms with E-state index in [0.29, 0.717) is 19.4 Å². The van der Waals surface area contributed by atoms with E-state index < -0.39 is 21.0 Å². The van der Waals surface area contributed by atoms with Crippen LogP contribution in [0.2, 0.25) is 0 Å². The molecule has 0 bridgehead atoms. The molecule has 0 aliphatic carbocycles. The number of nitro groups is 1. The quantitative estimate of drug-likeness (QED) is 0.490. The Hall–Kier alpha value is -2.82. The monoisotopic (exact) mass is 433 g/mol. The van der Waals surface area contributed by atoms with Crippen LogP contribution in [-0.2, 0) is 26.3 Å². The summed E-state index contributed by atoms with van der Waals surface area (Å²) in [5.41, 5.74) is 0.590. The van der Waals surface area contributed by atoms with Crippen molar-refractivity contribution in [2.45, 2.75) is 37.3 Å². The molecular formula is C20H23N3O6S. The van der Waals surface area contributed by atoms with Crippen LogP contribution in [0, 0.1) is 10.1 Å². The zero-order chi connectivity index (χ0) is 21.7. The highest BCUT2D eigenvalue weighted by molar-refractivity contribution is 7.89. The molecule has 0 radical (unpaired) electrons. The number of carbonyl (C=O) groups excluding carboxylic acids is 1. The van der Waals surface area contributed by atoms with E-state index in [-0.39, 0.29) is 29.6 Å². The van der Waals surface area contributed by atoms with Crippen LogP contribution in [0.4, 0.5) is 5.69 Å². The van der Waals surface area contributed by atoms with Crippen LogP contribution in [0.25, 0.3) is 0 Å². The Labute approximate surface area is 175 Å². The SMILES string of the molecule is CC(=O)N1CCC[C@@H](N(OCc2ccccc2)S(=O)(=O)c2ccc([N+](=O)[O-])cc2)C1. The van der Waals surface area contributed by atoms with Crippen LogP contribution in [0.15, 0.2) is 59.5 Å². The number of rotatable bonds is 7. The predicted molar refractivity (Wildman–Crippen MR) is 109 cm³/mol. The van der Waals surface area contributed by atoms with Crippen LogP contribution in [0.5, 0.6) is 0 Å². The molecule has 1 saturated heterocycles. The first-order valence-electron chi connectivity index (χ1n) is 9.50. The molecule has 2 aromatic carbocycles. The minimum absolute atomic E-state index is 0.0314. The van der Waals surface area contributed by atoms with E-state index in [1.165, 1.54) is 19.1 Å². The van der Waals surface area contributed by atoms with E-state index >= 15 is 0 Å². The third-order valence-corrected chi connectivity index (χ3v) is 6.67. The molecule has 3 rings (SSSR count). The van der Waals surface area contributed by atoms with Crippen molar-refractivity contribution in [2.24, 2.45) is 0 Å². The highest BCUT2D eigenvalue weighted by Crippen LogP contribution is 2.26. The molecule has 1 heterocycles. The zero-order valence-electron chi connectivity index (χ0n) is 16.5. The lowest BCUT2D eigenvalue weighted by molar-refractivity contribution is -0.384. The Balaban J connectivity index is 1.90. The number of amides is 1. The van der Waals surface area contributed by atoms with Gasteiger partial charge in [0.25, 0.3) is 15.7 Å². The largest absolute Gasteiger partial charge is 0.341 e. The fourth-order valence-electron chi connectivity index (χ4n) is 3.34. The molecule has 30 heavy (non-hydrogen) atoms. The molecule has 10 heteroatoms. The second-order valence-electron chi connectivity index (χ2n) is 7.03. The number of carbonyl (C=O) groups is 1. The van der Waals surface area contributed by atoms with Gasteiger partial charge in [0.1, 0.15) is 0 Å². The fourth-order valence-corrected chi connectivity index (χ4v) is 4.78. The topological polar surface area (TPSA) is 110 Å². The molecule has 1 aliphatic heterocycles. The van der Waals surface area contributed by atoms with Gasteiger partial charge in [-0.1, -0.05) is 34.8 Å². The van der Waals surface area contributed by atoms with Crippen molar-refractivity contribution in [1.29, 1.82) is 0 Å². The summed E-state index contributed by atoms with van der Waals surface area (Å²) in [4.78, 5) is 29.4. The molecule has 0 unspecified atom stereocenters. The highest BCUT2D eigenvalue weighted by atomic mass is 32.2. The van der Waals surface area contributed by atoms with Crippen molar-refractivity contribution in [2.75, 3.05) is 13.1 Å². The van der Waals surface area contributed by atoms with Gasteiger partial charge in [-0.3, -0.25) is 19.7 Å². The number of non-ortho nitro benzene ring substituents is 1. The smallest absolute Gasteiger partial charge is 0.269 e. The van der Waals surface area contributed by atoms with Gasteiger partial charge < -0.3 is 4.90 Å². The van der Waals surface area contributed by atoms with Crippen LogP contribution >= 0.6 is 0 Å². The summed E-state index contributed by atoms with van der Waals surface area (Å²) < 4.78 is 27.6. The molecule has 1 fully saturated rings. The molecule has 1 atom stereocenters. The summed E-state index contributed by atoms with van der Waals surface area (Å²) >= 11 is 0. The fraction of sp³-hybridized carbons (Fsp3) is 0.350. The van der Waals surface area contributed by atoms with Gasteiger partial charge in [0, 0.05) is 32.1 Å². The average molecular weight is 433 g/mol. The van der Waals surface area contributed by atoms with E-state index in [2.05, 4.69) is 0 Å². The lowest BCUT2D eigenvalue weighted by Gasteiger charge is -2.37. The average Bonchev–Trinajstić information content (AvgIpc) is 2.74. The van der Waals surface area contributed by atoms with Crippen molar-refractivity contribution in [3.63, 3.8) is 0 Å². The Morgan fingerprint density at radius 1 is 1.20 bits per heavy atom. The van der Waals surface area contributed by atoms with Crippen LogP contribution < -0.4 is 0 Å². The number of nitro benzene ring substituents is 1. The summed E-state index contributed by atoms with van der Waals surface area (Å²) in [6.45, 7) is 2.26. The number of hydrogen-bond donors (Lipinski definition) is 0. The first-order valence-corrected chi connectivity index (χ1v) is 10.9. The first-order chi connectivity index (χ1) is 14.3. The Morgan fingerprint density at radius 2 is 1.87 bits per heavy atom. The van der Waals surface area contributed by atoms with Gasteiger partial charge in [0.2, 0.25) is 5.91 Å². The lowest BCUT2D eigenvalue weighted by atomic mass is 10.1. The van der Waals surface area contributed by atoms with E-state index in [4.69, 9.17) is 4.84 Å². The number of hydroxylamine groups is 1. The molecule has 0 spiro atoms. The normalized spacial score (nSPS) is 17.1. The number of piperidine rings is 1. The van der Waals surface area contributed by atoms with Gasteiger partial charge in [0.15, 0.2) is 0 Å². The maximum absolute atomic E-state index is 13.3. The number of benzene rings is 2. The third kappa shape index (κ3) is 5.02. The molecule has 1 amide bonds. The molecule has 0 N–H and O–H groups in total. The second kappa shape index (κ2) is 9.33. The van der Waals surface area contributed by atoms with E-state index in [1.54, 1.807) is 4.90 Å². The number of sulfonamides is 1. The summed E-state index contributed by atoms with van der Waals surface area (Å²) in [6.07, 6.45) is 1.18. The van der Waals surface area contributed by atoms with Gasteiger partial charge in [-0.15, -0.1) is 0 Å². The van der Waals surface area contributed by atoms with Gasteiger partial charge in [0.05, 0.1) is 22.5 Å². The van der Waals surface area contributed by atoms with Gasteiger partial charge in [-0.25, -0.2) is 8.42 Å². The summed E-state index contributed by atoms with van der Waals surface area (Å²) in [5, 5.41) is 10.9. The lowest BCUT2D eigenvalue weighted by Crippen LogP contribution is -2.51. The van der Waals surface area contributed by atoms with Crippen LogP contribution in [0.1, 0.15) is 25.3 Å².